The molecule has 2 aromatic heterocycles. The lowest BCUT2D eigenvalue weighted by atomic mass is 9.87. The Morgan fingerprint density at radius 3 is 2.32 bits per heavy atom. The Bertz CT molecular complexity index is 992. The lowest BCUT2D eigenvalue weighted by Crippen LogP contribution is -2.10. The summed E-state index contributed by atoms with van der Waals surface area (Å²) in [6.45, 7) is 6.65. The standard InChI is InChI=1S/C20H20N4S/c1-20(2,3)16-11-9-15(10-12-16)18-21-22-19-24(18)23-17(25-19)13-14-7-5-4-6-8-14/h4-12H,13H2,1-3H3. The van der Waals surface area contributed by atoms with Crippen molar-refractivity contribution in [2.24, 2.45) is 0 Å². The molecule has 0 aliphatic heterocycles. The van der Waals surface area contributed by atoms with Crippen LogP contribution in [-0.4, -0.2) is 19.8 Å². The van der Waals surface area contributed by atoms with E-state index in [0.29, 0.717) is 0 Å². The average molecular weight is 348 g/mol. The third-order valence-corrected chi connectivity index (χ3v) is 5.14. The lowest BCUT2D eigenvalue weighted by molar-refractivity contribution is 0.590. The normalized spacial score (nSPS) is 12.0. The van der Waals surface area contributed by atoms with Crippen LogP contribution in [0.25, 0.3) is 16.3 Å². The molecule has 0 aliphatic rings. The molecule has 0 saturated heterocycles. The molecule has 0 spiro atoms. The van der Waals surface area contributed by atoms with Crippen LogP contribution in [0.15, 0.2) is 54.6 Å². The monoisotopic (exact) mass is 348 g/mol. The van der Waals surface area contributed by atoms with Crippen molar-refractivity contribution in [2.45, 2.75) is 32.6 Å². The van der Waals surface area contributed by atoms with Gasteiger partial charge in [0.05, 0.1) is 0 Å². The van der Waals surface area contributed by atoms with Crippen molar-refractivity contribution in [3.63, 3.8) is 0 Å². The molecule has 25 heavy (non-hydrogen) atoms. The maximum atomic E-state index is 4.73. The van der Waals surface area contributed by atoms with Crippen LogP contribution < -0.4 is 0 Å². The highest BCUT2D eigenvalue weighted by Crippen LogP contribution is 2.27. The first kappa shape index (κ1) is 16.0. The number of benzene rings is 2. The number of hydrogen-bond donors (Lipinski definition) is 0. The van der Waals surface area contributed by atoms with Gasteiger partial charge in [0.1, 0.15) is 5.01 Å². The molecular formula is C20H20N4S. The molecule has 0 aliphatic carbocycles. The van der Waals surface area contributed by atoms with E-state index in [-0.39, 0.29) is 5.41 Å². The average Bonchev–Trinajstić information content (AvgIpc) is 3.15. The van der Waals surface area contributed by atoms with Crippen LogP contribution in [-0.2, 0) is 11.8 Å². The zero-order valence-corrected chi connectivity index (χ0v) is 15.4. The van der Waals surface area contributed by atoms with Crippen LogP contribution in [0.3, 0.4) is 0 Å². The zero-order chi connectivity index (χ0) is 17.4. The summed E-state index contributed by atoms with van der Waals surface area (Å²) in [6, 6.07) is 18.9. The van der Waals surface area contributed by atoms with Crippen LogP contribution in [0.4, 0.5) is 0 Å². The summed E-state index contributed by atoms with van der Waals surface area (Å²) in [4.78, 5) is 0.834. The molecule has 5 heteroatoms. The predicted octanol–water partition coefficient (Wildman–Crippen LogP) is 4.74. The number of aromatic nitrogens is 4. The summed E-state index contributed by atoms with van der Waals surface area (Å²) in [6.07, 6.45) is 0.817. The maximum absolute atomic E-state index is 4.73. The second-order valence-electron chi connectivity index (χ2n) is 7.20. The van der Waals surface area contributed by atoms with Crippen molar-refractivity contribution in [3.05, 3.63) is 70.7 Å². The van der Waals surface area contributed by atoms with E-state index in [9.17, 15) is 0 Å². The van der Waals surface area contributed by atoms with Gasteiger partial charge in [0.15, 0.2) is 5.82 Å². The van der Waals surface area contributed by atoms with Crippen molar-refractivity contribution in [2.75, 3.05) is 0 Å². The number of hydrogen-bond acceptors (Lipinski definition) is 4. The van der Waals surface area contributed by atoms with Gasteiger partial charge in [-0.1, -0.05) is 86.7 Å². The summed E-state index contributed by atoms with van der Waals surface area (Å²) in [5, 5.41) is 14.4. The molecule has 2 aromatic carbocycles. The van der Waals surface area contributed by atoms with E-state index in [1.807, 2.05) is 10.6 Å². The van der Waals surface area contributed by atoms with Crippen LogP contribution in [0.5, 0.6) is 0 Å². The Morgan fingerprint density at radius 1 is 0.920 bits per heavy atom. The molecule has 0 unspecified atom stereocenters. The van der Waals surface area contributed by atoms with E-state index < -0.39 is 0 Å². The van der Waals surface area contributed by atoms with Crippen LogP contribution >= 0.6 is 11.3 Å². The molecule has 2 heterocycles. The van der Waals surface area contributed by atoms with Crippen LogP contribution in [0.1, 0.15) is 36.9 Å². The highest BCUT2D eigenvalue weighted by molar-refractivity contribution is 7.16. The van der Waals surface area contributed by atoms with Crippen molar-refractivity contribution < 1.29 is 0 Å². The number of rotatable bonds is 3. The highest BCUT2D eigenvalue weighted by atomic mass is 32.1. The van der Waals surface area contributed by atoms with Gasteiger partial charge in [-0.2, -0.15) is 9.61 Å². The summed E-state index contributed by atoms with van der Waals surface area (Å²) in [7, 11) is 0. The van der Waals surface area contributed by atoms with Gasteiger partial charge >= 0.3 is 0 Å². The Labute approximate surface area is 151 Å². The SMILES string of the molecule is CC(C)(C)c1ccc(-c2nnc3sc(Cc4ccccc4)nn23)cc1. The van der Waals surface area contributed by atoms with Crippen LogP contribution in [0.2, 0.25) is 0 Å². The first-order chi connectivity index (χ1) is 12.0. The van der Waals surface area contributed by atoms with Gasteiger partial charge in [-0.3, -0.25) is 0 Å². The zero-order valence-electron chi connectivity index (χ0n) is 14.6. The van der Waals surface area contributed by atoms with Gasteiger partial charge in [-0.25, -0.2) is 0 Å². The van der Waals surface area contributed by atoms with E-state index >= 15 is 0 Å². The number of fused-ring (bicyclic) bond motifs is 1. The van der Waals surface area contributed by atoms with Crippen LogP contribution in [0, 0.1) is 0 Å². The second kappa shape index (κ2) is 6.08. The first-order valence-corrected chi connectivity index (χ1v) is 9.18. The third kappa shape index (κ3) is 3.20. The fraction of sp³-hybridized carbons (Fsp3) is 0.250. The molecule has 0 amide bonds. The van der Waals surface area contributed by atoms with Crippen molar-refractivity contribution in [1.29, 1.82) is 0 Å². The number of nitrogens with zero attached hydrogens (tertiary/aromatic N) is 4. The second-order valence-corrected chi connectivity index (χ2v) is 8.24. The topological polar surface area (TPSA) is 43.1 Å². The molecule has 0 N–H and O–H groups in total. The molecule has 0 bridgehead atoms. The first-order valence-electron chi connectivity index (χ1n) is 8.37. The van der Waals surface area contributed by atoms with E-state index in [2.05, 4.69) is 79.5 Å². The van der Waals surface area contributed by atoms with Gasteiger partial charge in [0.25, 0.3) is 0 Å². The van der Waals surface area contributed by atoms with E-state index in [4.69, 9.17) is 5.10 Å². The Morgan fingerprint density at radius 2 is 1.64 bits per heavy atom. The molecule has 0 radical (unpaired) electrons. The Kier molecular flexibility index (Phi) is 3.88. The van der Waals surface area contributed by atoms with Gasteiger partial charge < -0.3 is 0 Å². The molecule has 126 valence electrons. The summed E-state index contributed by atoms with van der Waals surface area (Å²) in [5.74, 6) is 0.797. The predicted molar refractivity (Wildman–Crippen MR) is 102 cm³/mol. The molecule has 0 atom stereocenters. The smallest absolute Gasteiger partial charge is 0.183 e. The fourth-order valence-corrected chi connectivity index (χ4v) is 3.67. The Balaban J connectivity index is 1.66. The molecule has 0 saturated carbocycles. The molecule has 4 aromatic rings. The van der Waals surface area contributed by atoms with Gasteiger partial charge in [-0.15, -0.1) is 10.2 Å². The van der Waals surface area contributed by atoms with Gasteiger partial charge in [0.2, 0.25) is 4.96 Å². The molecular weight excluding hydrogens is 328 g/mol. The summed E-state index contributed by atoms with van der Waals surface area (Å²) in [5.41, 5.74) is 3.74. The van der Waals surface area contributed by atoms with Crippen molar-refractivity contribution >= 4 is 16.3 Å². The minimum absolute atomic E-state index is 0.141. The minimum Gasteiger partial charge on any atom is -0.183 e. The quantitative estimate of drug-likeness (QED) is 0.537. The third-order valence-electron chi connectivity index (χ3n) is 4.24. The van der Waals surface area contributed by atoms with Gasteiger partial charge in [0, 0.05) is 12.0 Å². The van der Waals surface area contributed by atoms with E-state index in [0.717, 1.165) is 27.8 Å². The largest absolute Gasteiger partial charge is 0.234 e. The maximum Gasteiger partial charge on any atom is 0.234 e. The van der Waals surface area contributed by atoms with Crippen molar-refractivity contribution in [1.82, 2.24) is 19.8 Å². The summed E-state index contributed by atoms with van der Waals surface area (Å²) < 4.78 is 1.86. The molecule has 4 rings (SSSR count). The van der Waals surface area contributed by atoms with Crippen molar-refractivity contribution in [3.8, 4) is 11.4 Å². The molecule has 4 nitrogen and oxygen atoms in total. The Hall–Kier alpha value is -2.53. The van der Waals surface area contributed by atoms with E-state index in [1.165, 1.54) is 11.1 Å². The highest BCUT2D eigenvalue weighted by Gasteiger charge is 2.16. The molecule has 0 fully saturated rings. The summed E-state index contributed by atoms with van der Waals surface area (Å²) >= 11 is 1.59. The lowest BCUT2D eigenvalue weighted by Gasteiger charge is -2.18. The van der Waals surface area contributed by atoms with E-state index in [1.54, 1.807) is 11.3 Å². The van der Waals surface area contributed by atoms with Gasteiger partial charge in [-0.05, 0) is 16.5 Å². The fourth-order valence-electron chi connectivity index (χ4n) is 2.80. The minimum atomic E-state index is 0.141.